The molecule has 23 heteroatoms. The normalized spacial score (nSPS) is 8.38. The van der Waals surface area contributed by atoms with E-state index in [1.807, 2.05) is 18.2 Å². The van der Waals surface area contributed by atoms with Crippen LogP contribution in [0, 0.1) is 66.2 Å². The largest absolute Gasteiger partial charge is 3.00 e. The number of oxime groups is 2. The molecule has 50 heavy (non-hydrogen) atoms. The monoisotopic (exact) mass is 881 g/mol. The molecule has 0 spiro atoms. The number of benzene rings is 2. The zero-order valence-corrected chi connectivity index (χ0v) is 31.8. The summed E-state index contributed by atoms with van der Waals surface area (Å²) in [5.74, 6) is -1.14. The number of aliphatic hydroxyl groups is 2. The first kappa shape index (κ1) is 57.5. The van der Waals surface area contributed by atoms with Crippen LogP contribution in [0.1, 0.15) is 18.1 Å². The molecule has 278 valence electrons. The van der Waals surface area contributed by atoms with Gasteiger partial charge in [0.05, 0.1) is 36.8 Å². The summed E-state index contributed by atoms with van der Waals surface area (Å²) in [7, 11) is 4.85. The first-order valence-electron chi connectivity index (χ1n) is 12.4. The number of aromatic nitrogens is 1. The Labute approximate surface area is 324 Å². The van der Waals surface area contributed by atoms with Gasteiger partial charge in [0.1, 0.15) is 11.5 Å². The van der Waals surface area contributed by atoms with Crippen molar-refractivity contribution in [2.75, 3.05) is 41.7 Å². The van der Waals surface area contributed by atoms with E-state index in [0.717, 1.165) is 21.1 Å². The van der Waals surface area contributed by atoms with Gasteiger partial charge < -0.3 is 80.1 Å². The van der Waals surface area contributed by atoms with Gasteiger partial charge in [-0.25, -0.2) is 0 Å². The minimum Gasteiger partial charge on any atom is -0.870 e. The number of aliphatic hydroxyl groups excluding tert-OH is 2. The predicted octanol–water partition coefficient (Wildman–Crippen LogP) is -0.174. The molecule has 3 aromatic rings. The number of hydrogen-bond acceptors (Lipinski definition) is 19. The van der Waals surface area contributed by atoms with Crippen molar-refractivity contribution in [3.63, 3.8) is 0 Å². The molecule has 21 nitrogen and oxygen atoms in total. The molecule has 2 aromatic carbocycles. The molecule has 0 saturated heterocycles. The fourth-order valence-electron chi connectivity index (χ4n) is 2.27. The van der Waals surface area contributed by atoms with Crippen LogP contribution in [-0.2, 0) is 31.0 Å². The Kier molecular flexibility index (Phi) is 48.5. The van der Waals surface area contributed by atoms with E-state index in [-0.39, 0.29) is 88.3 Å². The Morgan fingerprint density at radius 3 is 1.26 bits per heavy atom. The number of carbonyl (C=O) groups excluding carboxylic acids is 1. The Balaban J connectivity index is -0.000000165. The Bertz CT molecular complexity index is 1180. The number of pyridine rings is 1. The molecule has 3 rings (SSSR count). The first-order valence-corrected chi connectivity index (χ1v) is 12.4. The van der Waals surface area contributed by atoms with E-state index in [4.69, 9.17) is 69.9 Å². The van der Waals surface area contributed by atoms with Gasteiger partial charge in [0, 0.05) is 68.2 Å². The molecule has 0 aliphatic heterocycles. The molecular weight excluding hydrogens is 848 g/mol. The molecule has 0 aliphatic rings. The minimum absolute atomic E-state index is 0. The second-order valence-corrected chi connectivity index (χ2v) is 6.86. The van der Waals surface area contributed by atoms with E-state index >= 15 is 0 Å². The van der Waals surface area contributed by atoms with Crippen molar-refractivity contribution < 1.29 is 112 Å². The fraction of sp³-hybridized carbons (Fsp3) is 0.259. The van der Waals surface area contributed by atoms with Crippen LogP contribution in [0.15, 0.2) is 77.3 Å². The summed E-state index contributed by atoms with van der Waals surface area (Å²) in [5, 5.41) is 83.5. The number of methoxy groups -OCH3 is 2. The van der Waals surface area contributed by atoms with Crippen molar-refractivity contribution >= 4 is 18.4 Å². The third-order valence-electron chi connectivity index (χ3n) is 3.82. The van der Waals surface area contributed by atoms with Crippen LogP contribution in [0.4, 0.5) is 0 Å². The molecule has 2 N–H and O–H groups in total. The summed E-state index contributed by atoms with van der Waals surface area (Å²) in [6.45, 7) is 1.21. The summed E-state index contributed by atoms with van der Waals surface area (Å²) in [6.07, 6.45) is 6.10. The number of ether oxygens (including phenoxy) is 2. The predicted molar refractivity (Wildman–Crippen MR) is 164 cm³/mol. The second-order valence-electron chi connectivity index (χ2n) is 6.86. The fourth-order valence-corrected chi connectivity index (χ4v) is 2.27. The minimum atomic E-state index is -1.75. The van der Waals surface area contributed by atoms with Crippen LogP contribution >= 0.6 is 0 Å². The van der Waals surface area contributed by atoms with Gasteiger partial charge in [0.15, 0.2) is 13.2 Å². The molecule has 0 aliphatic carbocycles. The van der Waals surface area contributed by atoms with Gasteiger partial charge in [0.25, 0.3) is 0 Å². The molecule has 0 saturated carbocycles. The summed E-state index contributed by atoms with van der Waals surface area (Å²) >= 11 is 0. The van der Waals surface area contributed by atoms with Crippen LogP contribution in [0.2, 0.25) is 0 Å². The average molecular weight is 882 g/mol. The molecule has 0 atom stereocenters. The molecule has 0 fully saturated rings. The Morgan fingerprint density at radius 2 is 1.04 bits per heavy atom. The van der Waals surface area contributed by atoms with Gasteiger partial charge in [-0.05, 0) is 42.3 Å². The first-order chi connectivity index (χ1) is 22.9. The van der Waals surface area contributed by atoms with Gasteiger partial charge >= 0.3 is 16.5 Å². The van der Waals surface area contributed by atoms with Crippen molar-refractivity contribution in [3.05, 3.63) is 109 Å². The van der Waals surface area contributed by atoms with Crippen molar-refractivity contribution in [3.8, 4) is 23.0 Å². The Hall–Kier alpha value is -4.79. The summed E-state index contributed by atoms with van der Waals surface area (Å²) in [4.78, 5) is 39.1. The molecule has 1 heterocycles. The van der Waals surface area contributed by atoms with Crippen LogP contribution < -0.4 is 24.8 Å². The number of carboxylic acids is 1. The quantitative estimate of drug-likeness (QED) is 0.0926. The zero-order chi connectivity index (χ0) is 37.8. The topological polar surface area (TPSA) is 334 Å². The van der Waals surface area contributed by atoms with Crippen molar-refractivity contribution in [2.45, 2.75) is 6.92 Å². The van der Waals surface area contributed by atoms with E-state index in [1.54, 1.807) is 48.8 Å². The summed E-state index contributed by atoms with van der Waals surface area (Å²) < 4.78 is 9.87. The van der Waals surface area contributed by atoms with Gasteiger partial charge in [0.2, 0.25) is 0 Å². The summed E-state index contributed by atoms with van der Waals surface area (Å²) in [6, 6.07) is 15.4. The van der Waals surface area contributed by atoms with Crippen LogP contribution in [0.3, 0.4) is 0 Å². The smallest absolute Gasteiger partial charge is 0.870 e. The van der Waals surface area contributed by atoms with E-state index in [9.17, 15) is 10.2 Å². The molecule has 0 bridgehead atoms. The molecular formula is C27H34LaN5NiO16-2. The standard InChI is InChI=1S/C18H20N2O6.C5H5N.C2H4O2.2CH4O.La.2NO3.Ni/c1-23-15-7-3-5-13(17(15)21)11-19-25-9-10-26-20-12-14-6-4-8-16(24-2)18(14)22;1-2-4-6-5-3-1;1-2(3)4;2*1-2;;2*2-1(3)4;/h3-8,11-12,21-22H,9-10H2,1-2H3;1-5H;1H3,(H,3,4);2*2H,1H3;;;;/q;;;;;;2*-1;+3/p-3/b19-11+,20-12+;;;;;;;;. The van der Waals surface area contributed by atoms with E-state index in [1.165, 1.54) is 26.6 Å². The van der Waals surface area contributed by atoms with Gasteiger partial charge in [-0.1, -0.05) is 52.1 Å². The van der Waals surface area contributed by atoms with Gasteiger partial charge in [-0.15, -0.1) is 0 Å². The molecule has 0 unspecified atom stereocenters. The third-order valence-corrected chi connectivity index (χ3v) is 3.82. The van der Waals surface area contributed by atoms with Crippen molar-refractivity contribution in [1.29, 1.82) is 0 Å². The Morgan fingerprint density at radius 1 is 0.740 bits per heavy atom. The van der Waals surface area contributed by atoms with Crippen LogP contribution in [0.5, 0.6) is 23.0 Å². The maximum atomic E-state index is 11.9. The maximum Gasteiger partial charge on any atom is 3.00 e. The number of rotatable bonds is 9. The van der Waals surface area contributed by atoms with E-state index in [0.29, 0.717) is 11.1 Å². The number of para-hydroxylation sites is 2. The van der Waals surface area contributed by atoms with Gasteiger partial charge in [-0.3, -0.25) is 4.98 Å². The zero-order valence-electron chi connectivity index (χ0n) is 27.2. The number of hydrogen-bond donors (Lipinski definition) is 2. The molecule has 2 radical (unpaired) electrons. The van der Waals surface area contributed by atoms with E-state index in [2.05, 4.69) is 15.3 Å². The molecule has 0 amide bonds. The number of nitrogens with zero attached hydrogens (tertiary/aromatic N) is 5. The number of aliphatic carboxylic acids is 1. The van der Waals surface area contributed by atoms with Gasteiger partial charge in [-0.2, -0.15) is 0 Å². The summed E-state index contributed by atoms with van der Waals surface area (Å²) in [5.41, 5.74) is 0.702. The average Bonchev–Trinajstić information content (AvgIpc) is 3.06. The van der Waals surface area contributed by atoms with Crippen LogP contribution in [0.25, 0.3) is 0 Å². The second kappa shape index (κ2) is 42.2. The maximum absolute atomic E-state index is 11.9. The third kappa shape index (κ3) is 39.4. The van der Waals surface area contributed by atoms with Crippen LogP contribution in [-0.4, -0.2) is 85.4 Å². The number of carboxylic acid groups (broad SMARTS) is 1. The van der Waals surface area contributed by atoms with Crippen molar-refractivity contribution in [1.82, 2.24) is 4.98 Å². The number of carbonyl (C=O) groups is 1. The van der Waals surface area contributed by atoms with E-state index < -0.39 is 16.1 Å². The van der Waals surface area contributed by atoms with Crippen molar-refractivity contribution in [2.24, 2.45) is 10.3 Å². The SMILES string of the molecule is CC(=O)[O-].CO.CO.COc1cccc(/C=N/OCCO/N=C/c2cccc(OC)c2[O-])c1[O-].O=[N+]([O-])[O-].O=[N+]([O-])[O-].[La].[Ni+3].c1ccncc1. The molecule has 1 aromatic heterocycles.